The molecule has 0 aliphatic heterocycles. The molecule has 2 heteroatoms. The van der Waals surface area contributed by atoms with Crippen molar-refractivity contribution in [3.8, 4) is 0 Å². The van der Waals surface area contributed by atoms with Crippen molar-refractivity contribution in [3.63, 3.8) is 0 Å². The van der Waals surface area contributed by atoms with Crippen LogP contribution in [0.2, 0.25) is 0 Å². The molecule has 0 radical (unpaired) electrons. The van der Waals surface area contributed by atoms with Crippen LogP contribution in [0, 0.1) is 5.92 Å². The fourth-order valence-corrected chi connectivity index (χ4v) is 2.65. The number of allylic oxidation sites excluding steroid dienone is 2. The average molecular weight is 359 g/mol. The second-order valence-corrected chi connectivity index (χ2v) is 7.29. The largest absolute Gasteiger partial charge is 0.303 e. The lowest BCUT2D eigenvalue weighted by molar-refractivity contribution is -0.110. The van der Waals surface area contributed by atoms with E-state index < -0.39 is 0 Å². The zero-order chi connectivity index (χ0) is 19.6. The summed E-state index contributed by atoms with van der Waals surface area (Å²) in [6.45, 7) is 8.37. The minimum atomic E-state index is 0.125. The van der Waals surface area contributed by atoms with Crippen LogP contribution in [0.3, 0.4) is 0 Å². The summed E-state index contributed by atoms with van der Waals surface area (Å²) in [5.41, 5.74) is 2.60. The van der Waals surface area contributed by atoms with Crippen molar-refractivity contribution >= 4 is 12.6 Å². The summed E-state index contributed by atoms with van der Waals surface area (Å²) >= 11 is 0. The van der Waals surface area contributed by atoms with Gasteiger partial charge in [-0.3, -0.25) is 0 Å². The quantitative estimate of drug-likeness (QED) is 0.237. The Balaban J connectivity index is 0.000000488. The number of unbranched alkanes of at least 4 members (excludes halogenated alkanes) is 6. The van der Waals surface area contributed by atoms with Crippen LogP contribution in [-0.2, 0) is 16.0 Å². The van der Waals surface area contributed by atoms with E-state index in [1.807, 2.05) is 6.92 Å². The van der Waals surface area contributed by atoms with Gasteiger partial charge in [0.2, 0.25) is 0 Å². The third-order valence-electron chi connectivity index (χ3n) is 4.36. The van der Waals surface area contributed by atoms with Crippen molar-refractivity contribution in [1.82, 2.24) is 0 Å². The van der Waals surface area contributed by atoms with E-state index in [-0.39, 0.29) is 5.92 Å². The lowest BCUT2D eigenvalue weighted by Crippen LogP contribution is -2.00. The molecular formula is C24H38O2. The van der Waals surface area contributed by atoms with Gasteiger partial charge in [0.1, 0.15) is 12.6 Å². The molecule has 0 aliphatic carbocycles. The molecule has 0 aromatic heterocycles. The lowest BCUT2D eigenvalue weighted by atomic mass is 9.98. The lowest BCUT2D eigenvalue weighted by Gasteiger charge is -2.07. The fraction of sp³-hybridized carbons (Fsp3) is 0.583. The number of aldehydes is 2. The molecule has 1 rings (SSSR count). The Morgan fingerprint density at radius 2 is 1.42 bits per heavy atom. The summed E-state index contributed by atoms with van der Waals surface area (Å²) in [6, 6.07) is 8.54. The molecule has 0 heterocycles. The van der Waals surface area contributed by atoms with Gasteiger partial charge in [-0.1, -0.05) is 76.5 Å². The van der Waals surface area contributed by atoms with Gasteiger partial charge in [0.05, 0.1) is 0 Å². The van der Waals surface area contributed by atoms with E-state index in [9.17, 15) is 9.59 Å². The molecule has 0 bridgehead atoms. The van der Waals surface area contributed by atoms with Crippen molar-refractivity contribution in [1.29, 1.82) is 0 Å². The predicted octanol–water partition coefficient (Wildman–Crippen LogP) is 6.68. The van der Waals surface area contributed by atoms with Crippen molar-refractivity contribution in [3.05, 3.63) is 47.5 Å². The van der Waals surface area contributed by atoms with Gasteiger partial charge in [0.25, 0.3) is 0 Å². The predicted molar refractivity (Wildman–Crippen MR) is 113 cm³/mol. The molecule has 0 amide bonds. The van der Waals surface area contributed by atoms with Gasteiger partial charge < -0.3 is 9.59 Å². The first-order valence-corrected chi connectivity index (χ1v) is 10.1. The maximum atomic E-state index is 10.5. The smallest absolute Gasteiger partial charge is 0.123 e. The van der Waals surface area contributed by atoms with Crippen molar-refractivity contribution in [2.45, 2.75) is 85.0 Å². The van der Waals surface area contributed by atoms with Gasteiger partial charge in [-0.25, -0.2) is 0 Å². The third-order valence-corrected chi connectivity index (χ3v) is 4.36. The molecule has 1 unspecified atom stereocenters. The van der Waals surface area contributed by atoms with Gasteiger partial charge in [-0.15, -0.1) is 0 Å². The molecule has 1 atom stereocenters. The number of benzene rings is 1. The molecule has 146 valence electrons. The molecule has 26 heavy (non-hydrogen) atoms. The minimum Gasteiger partial charge on any atom is -0.303 e. The number of hydrogen-bond donors (Lipinski definition) is 0. The van der Waals surface area contributed by atoms with Crippen LogP contribution in [-0.4, -0.2) is 12.6 Å². The second kappa shape index (κ2) is 16.8. The molecule has 0 fully saturated rings. The van der Waals surface area contributed by atoms with Crippen LogP contribution in [0.25, 0.3) is 0 Å². The van der Waals surface area contributed by atoms with Crippen LogP contribution >= 0.6 is 0 Å². The zero-order valence-corrected chi connectivity index (χ0v) is 17.2. The Kier molecular flexibility index (Phi) is 15.7. The van der Waals surface area contributed by atoms with E-state index in [0.29, 0.717) is 5.92 Å². The Morgan fingerprint density at radius 1 is 0.846 bits per heavy atom. The summed E-state index contributed by atoms with van der Waals surface area (Å²) in [5, 5.41) is 0. The summed E-state index contributed by atoms with van der Waals surface area (Å²) in [7, 11) is 0. The van der Waals surface area contributed by atoms with E-state index in [0.717, 1.165) is 31.8 Å². The number of hydrogen-bond acceptors (Lipinski definition) is 2. The van der Waals surface area contributed by atoms with E-state index in [2.05, 4.69) is 57.2 Å². The summed E-state index contributed by atoms with van der Waals surface area (Å²) < 4.78 is 0. The van der Waals surface area contributed by atoms with Crippen LogP contribution in [0.1, 0.15) is 89.7 Å². The van der Waals surface area contributed by atoms with Gasteiger partial charge in [-0.05, 0) is 49.7 Å². The number of carbonyl (C=O) groups excluding carboxylic acids is 2. The summed E-state index contributed by atoms with van der Waals surface area (Å²) in [6.07, 6.45) is 15.3. The highest BCUT2D eigenvalue weighted by molar-refractivity contribution is 5.53. The molecule has 0 N–H and O–H groups in total. The first-order valence-electron chi connectivity index (χ1n) is 10.1. The highest BCUT2D eigenvalue weighted by atomic mass is 16.1. The van der Waals surface area contributed by atoms with Crippen molar-refractivity contribution < 1.29 is 9.59 Å². The zero-order valence-electron chi connectivity index (χ0n) is 17.2. The molecule has 0 saturated heterocycles. The highest BCUT2D eigenvalue weighted by Crippen LogP contribution is 2.16. The summed E-state index contributed by atoms with van der Waals surface area (Å²) in [5.74, 6) is 0.701. The average Bonchev–Trinajstić information content (AvgIpc) is 2.65. The molecule has 0 aliphatic rings. The monoisotopic (exact) mass is 358 g/mol. The maximum absolute atomic E-state index is 10.5. The van der Waals surface area contributed by atoms with Crippen molar-refractivity contribution in [2.75, 3.05) is 0 Å². The second-order valence-electron chi connectivity index (χ2n) is 7.29. The van der Waals surface area contributed by atoms with Gasteiger partial charge in [0.15, 0.2) is 0 Å². The standard InChI is InChI=1S/C13H18O.C11H20O/c1-10(2)13-6-4-12(5-7-13)8-11(3)9-14;1-2-3-4-5-6-7-8-9-10-11-12/h4-7,9-11H,8H2,1-3H3;2-3,11H,4-10H2,1H3/b;3-2+. The SMILES string of the molecule is C/C=C/CCCCCCCC=O.CC(C=O)Cc1ccc(C(C)C)cc1. The van der Waals surface area contributed by atoms with Gasteiger partial charge in [0, 0.05) is 12.3 Å². The van der Waals surface area contributed by atoms with Gasteiger partial charge in [-0.2, -0.15) is 0 Å². The number of rotatable bonds is 12. The minimum absolute atomic E-state index is 0.125. The molecular weight excluding hydrogens is 320 g/mol. The van der Waals surface area contributed by atoms with E-state index in [4.69, 9.17) is 0 Å². The van der Waals surface area contributed by atoms with Gasteiger partial charge >= 0.3 is 0 Å². The normalized spacial score (nSPS) is 11.9. The Hall–Kier alpha value is -1.70. The molecule has 1 aromatic carbocycles. The number of carbonyl (C=O) groups is 2. The van der Waals surface area contributed by atoms with E-state index in [1.165, 1.54) is 43.2 Å². The topological polar surface area (TPSA) is 34.1 Å². The molecule has 0 spiro atoms. The Morgan fingerprint density at radius 3 is 1.92 bits per heavy atom. The Labute approximate surface area is 161 Å². The van der Waals surface area contributed by atoms with E-state index >= 15 is 0 Å². The van der Waals surface area contributed by atoms with Crippen LogP contribution in [0.4, 0.5) is 0 Å². The third kappa shape index (κ3) is 13.6. The molecule has 2 nitrogen and oxygen atoms in total. The maximum Gasteiger partial charge on any atom is 0.123 e. The molecule has 1 aromatic rings. The molecule has 0 saturated carbocycles. The first kappa shape index (κ1) is 24.3. The Bertz CT molecular complexity index is 485. The van der Waals surface area contributed by atoms with Crippen molar-refractivity contribution in [2.24, 2.45) is 5.92 Å². The first-order chi connectivity index (χ1) is 12.5. The fourth-order valence-electron chi connectivity index (χ4n) is 2.65. The summed E-state index contributed by atoms with van der Waals surface area (Å²) in [4.78, 5) is 20.5. The van der Waals surface area contributed by atoms with Crippen LogP contribution in [0.15, 0.2) is 36.4 Å². The highest BCUT2D eigenvalue weighted by Gasteiger charge is 2.02. The van der Waals surface area contributed by atoms with Crippen LogP contribution < -0.4 is 0 Å². The van der Waals surface area contributed by atoms with E-state index in [1.54, 1.807) is 0 Å². The van der Waals surface area contributed by atoms with Crippen LogP contribution in [0.5, 0.6) is 0 Å².